The number of hydrogen-bond donors (Lipinski definition) is 2. The number of aromatic nitrogens is 2. The lowest BCUT2D eigenvalue weighted by Crippen LogP contribution is -2.12. The summed E-state index contributed by atoms with van der Waals surface area (Å²) in [7, 11) is 0. The number of carbonyl (C=O) groups is 1. The van der Waals surface area contributed by atoms with Gasteiger partial charge >= 0.3 is 0 Å². The number of hydrogen-bond acceptors (Lipinski definition) is 2. The molecule has 3 aromatic rings. The molecule has 2 N–H and O–H groups in total. The van der Waals surface area contributed by atoms with Gasteiger partial charge in [0.2, 0.25) is 0 Å². The third-order valence-electron chi connectivity index (χ3n) is 3.06. The van der Waals surface area contributed by atoms with Crippen LogP contribution in [0.2, 0.25) is 5.02 Å². The topological polar surface area (TPSA) is 57.8 Å². The molecule has 110 valence electrons. The Labute approximate surface area is 140 Å². The number of halogens is 2. The summed E-state index contributed by atoms with van der Waals surface area (Å²) in [6, 6.07) is 16.3. The zero-order valence-corrected chi connectivity index (χ0v) is 13.6. The van der Waals surface area contributed by atoms with Crippen LogP contribution in [-0.2, 0) is 0 Å². The first kappa shape index (κ1) is 14.8. The maximum Gasteiger partial charge on any atom is 0.273 e. The minimum Gasteiger partial charge on any atom is -0.321 e. The summed E-state index contributed by atoms with van der Waals surface area (Å²) in [5.74, 6) is -0.241. The molecule has 0 spiro atoms. The highest BCUT2D eigenvalue weighted by Gasteiger charge is 2.11. The number of amides is 1. The Kier molecular flexibility index (Phi) is 4.27. The fourth-order valence-corrected chi connectivity index (χ4v) is 2.33. The van der Waals surface area contributed by atoms with Crippen molar-refractivity contribution in [2.24, 2.45) is 0 Å². The van der Waals surface area contributed by atoms with E-state index in [-0.39, 0.29) is 5.91 Å². The van der Waals surface area contributed by atoms with Crippen molar-refractivity contribution in [2.45, 2.75) is 0 Å². The molecular formula is C16H11BrClN3O. The Bertz CT molecular complexity index is 797. The highest BCUT2D eigenvalue weighted by atomic mass is 79.9. The molecule has 0 fully saturated rings. The number of nitrogens with one attached hydrogen (secondary N) is 2. The lowest BCUT2D eigenvalue weighted by Gasteiger charge is -2.02. The molecule has 0 aliphatic rings. The van der Waals surface area contributed by atoms with Gasteiger partial charge in [0.05, 0.1) is 5.69 Å². The van der Waals surface area contributed by atoms with Gasteiger partial charge in [-0.15, -0.1) is 0 Å². The molecule has 1 amide bonds. The van der Waals surface area contributed by atoms with Crippen LogP contribution < -0.4 is 5.32 Å². The maximum absolute atomic E-state index is 12.2. The number of rotatable bonds is 3. The monoisotopic (exact) mass is 375 g/mol. The Hall–Kier alpha value is -2.11. The molecule has 1 heterocycles. The van der Waals surface area contributed by atoms with E-state index in [4.69, 9.17) is 11.6 Å². The molecule has 1 aromatic heterocycles. The van der Waals surface area contributed by atoms with Gasteiger partial charge in [0.15, 0.2) is 0 Å². The average molecular weight is 377 g/mol. The molecule has 6 heteroatoms. The lowest BCUT2D eigenvalue weighted by molar-refractivity contribution is 0.102. The first-order chi connectivity index (χ1) is 10.6. The first-order valence-corrected chi connectivity index (χ1v) is 7.67. The number of carbonyl (C=O) groups excluding carboxylic acids is 1. The molecule has 0 radical (unpaired) electrons. The zero-order valence-electron chi connectivity index (χ0n) is 11.3. The molecule has 0 atom stereocenters. The highest BCUT2D eigenvalue weighted by molar-refractivity contribution is 9.10. The van der Waals surface area contributed by atoms with Gasteiger partial charge < -0.3 is 5.32 Å². The van der Waals surface area contributed by atoms with Crippen molar-refractivity contribution in [2.75, 3.05) is 5.32 Å². The van der Waals surface area contributed by atoms with Crippen LogP contribution in [0.3, 0.4) is 0 Å². The van der Waals surface area contributed by atoms with Gasteiger partial charge in [-0.05, 0) is 42.5 Å². The van der Waals surface area contributed by atoms with Gasteiger partial charge in [-0.1, -0.05) is 39.7 Å². The Morgan fingerprint density at radius 2 is 1.77 bits per heavy atom. The Morgan fingerprint density at radius 3 is 2.45 bits per heavy atom. The summed E-state index contributed by atoms with van der Waals surface area (Å²) in [6.45, 7) is 0. The van der Waals surface area contributed by atoms with Crippen molar-refractivity contribution in [3.8, 4) is 11.3 Å². The number of benzene rings is 2. The van der Waals surface area contributed by atoms with E-state index in [0.717, 1.165) is 15.7 Å². The van der Waals surface area contributed by atoms with Crippen LogP contribution in [0.4, 0.5) is 5.69 Å². The third-order valence-corrected chi connectivity index (χ3v) is 3.85. The fraction of sp³-hybridized carbons (Fsp3) is 0. The minimum absolute atomic E-state index is 0.241. The van der Waals surface area contributed by atoms with Gasteiger partial charge in [-0.2, -0.15) is 5.10 Å². The molecule has 3 rings (SSSR count). The van der Waals surface area contributed by atoms with Crippen molar-refractivity contribution in [3.63, 3.8) is 0 Å². The van der Waals surface area contributed by atoms with E-state index in [2.05, 4.69) is 31.4 Å². The zero-order chi connectivity index (χ0) is 15.5. The van der Waals surface area contributed by atoms with Gasteiger partial charge in [-0.25, -0.2) is 0 Å². The summed E-state index contributed by atoms with van der Waals surface area (Å²) < 4.78 is 0.956. The van der Waals surface area contributed by atoms with E-state index < -0.39 is 0 Å². The molecule has 0 bridgehead atoms. The van der Waals surface area contributed by atoms with Crippen molar-refractivity contribution in [3.05, 3.63) is 69.8 Å². The summed E-state index contributed by atoms with van der Waals surface area (Å²) in [4.78, 5) is 12.2. The molecule has 22 heavy (non-hydrogen) atoms. The number of anilines is 1. The van der Waals surface area contributed by atoms with Crippen LogP contribution in [-0.4, -0.2) is 16.1 Å². The smallest absolute Gasteiger partial charge is 0.273 e. The fourth-order valence-electron chi connectivity index (χ4n) is 1.94. The summed E-state index contributed by atoms with van der Waals surface area (Å²) >= 11 is 9.21. The molecule has 0 aliphatic carbocycles. The Morgan fingerprint density at radius 1 is 1.09 bits per heavy atom. The first-order valence-electron chi connectivity index (χ1n) is 6.50. The van der Waals surface area contributed by atoms with E-state index >= 15 is 0 Å². The molecule has 0 unspecified atom stereocenters. The van der Waals surface area contributed by atoms with E-state index in [1.807, 2.05) is 36.4 Å². The van der Waals surface area contributed by atoms with Crippen LogP contribution in [0.1, 0.15) is 10.5 Å². The molecule has 4 nitrogen and oxygen atoms in total. The van der Waals surface area contributed by atoms with Crippen LogP contribution in [0.25, 0.3) is 11.3 Å². The van der Waals surface area contributed by atoms with Gasteiger partial charge in [0.1, 0.15) is 5.69 Å². The van der Waals surface area contributed by atoms with Gasteiger partial charge in [0, 0.05) is 20.7 Å². The summed E-state index contributed by atoms with van der Waals surface area (Å²) in [5, 5.41) is 10.4. The summed E-state index contributed by atoms with van der Waals surface area (Å²) in [5.41, 5.74) is 2.70. The van der Waals surface area contributed by atoms with E-state index in [9.17, 15) is 4.79 Å². The third kappa shape index (κ3) is 3.37. The predicted octanol–water partition coefficient (Wildman–Crippen LogP) is 4.74. The van der Waals surface area contributed by atoms with E-state index in [0.29, 0.717) is 16.4 Å². The summed E-state index contributed by atoms with van der Waals surface area (Å²) in [6.07, 6.45) is 0. The molecule has 0 aliphatic heterocycles. The Balaban J connectivity index is 1.76. The molecule has 0 saturated heterocycles. The normalized spacial score (nSPS) is 10.5. The van der Waals surface area contributed by atoms with Gasteiger partial charge in [-0.3, -0.25) is 9.89 Å². The van der Waals surface area contributed by atoms with Gasteiger partial charge in [0.25, 0.3) is 5.91 Å². The van der Waals surface area contributed by atoms with E-state index in [1.54, 1.807) is 18.2 Å². The highest BCUT2D eigenvalue weighted by Crippen LogP contribution is 2.21. The van der Waals surface area contributed by atoms with Crippen molar-refractivity contribution < 1.29 is 4.79 Å². The minimum atomic E-state index is -0.241. The van der Waals surface area contributed by atoms with Crippen molar-refractivity contribution in [1.82, 2.24) is 10.2 Å². The van der Waals surface area contributed by atoms with Crippen LogP contribution in [0.5, 0.6) is 0 Å². The lowest BCUT2D eigenvalue weighted by atomic mass is 10.1. The second kappa shape index (κ2) is 6.34. The SMILES string of the molecule is O=C(Nc1ccc(Br)cc1)c1cc(-c2ccc(Cl)cc2)n[nH]1. The molecule has 0 saturated carbocycles. The number of H-pyrrole nitrogens is 1. The predicted molar refractivity (Wildman–Crippen MR) is 91.1 cm³/mol. The van der Waals surface area contributed by atoms with Crippen molar-refractivity contribution >= 4 is 39.1 Å². The average Bonchev–Trinajstić information content (AvgIpc) is 3.00. The standard InChI is InChI=1S/C16H11BrClN3O/c17-11-3-7-13(8-4-11)19-16(22)15-9-14(20-21-15)10-1-5-12(18)6-2-10/h1-9H,(H,19,22)(H,20,21). The largest absolute Gasteiger partial charge is 0.321 e. The second-order valence-electron chi connectivity index (χ2n) is 4.63. The molecule has 2 aromatic carbocycles. The molecular weight excluding hydrogens is 366 g/mol. The van der Waals surface area contributed by atoms with Crippen molar-refractivity contribution in [1.29, 1.82) is 0 Å². The number of nitrogens with zero attached hydrogens (tertiary/aromatic N) is 1. The second-order valence-corrected chi connectivity index (χ2v) is 5.99. The quantitative estimate of drug-likeness (QED) is 0.693. The maximum atomic E-state index is 12.2. The van der Waals surface area contributed by atoms with E-state index in [1.165, 1.54) is 0 Å². The van der Waals surface area contributed by atoms with Crippen LogP contribution in [0.15, 0.2) is 59.1 Å². The number of aromatic amines is 1. The van der Waals surface area contributed by atoms with Crippen LogP contribution >= 0.6 is 27.5 Å². The van der Waals surface area contributed by atoms with Crippen LogP contribution in [0, 0.1) is 0 Å².